The van der Waals surface area contributed by atoms with E-state index in [2.05, 4.69) is 25.9 Å². The normalized spacial score (nSPS) is 16.2. The molecule has 1 aromatic heterocycles. The molecule has 1 aromatic rings. The number of aromatic amines is 1. The Morgan fingerprint density at radius 3 is 2.14 bits per heavy atom. The van der Waals surface area contributed by atoms with Gasteiger partial charge in [0, 0.05) is 18.3 Å². The van der Waals surface area contributed by atoms with Gasteiger partial charge in [-0.05, 0) is 37.6 Å². The second-order valence-corrected chi connectivity index (χ2v) is 9.31. The minimum atomic E-state index is -1.17. The number of aromatic nitrogens is 2. The van der Waals surface area contributed by atoms with E-state index in [4.69, 9.17) is 11.5 Å². The van der Waals surface area contributed by atoms with E-state index in [-0.39, 0.29) is 24.7 Å². The molecule has 0 aliphatic heterocycles. The number of nitrogens with one attached hydrogen (secondary N) is 4. The smallest absolute Gasteiger partial charge is 0.326 e. The van der Waals surface area contributed by atoms with E-state index in [1.807, 2.05) is 27.7 Å². The van der Waals surface area contributed by atoms with Crippen LogP contribution < -0.4 is 27.4 Å². The Bertz CT molecular complexity index is 833. The van der Waals surface area contributed by atoms with Crippen LogP contribution in [0.2, 0.25) is 0 Å². The Balaban J connectivity index is 3.07. The summed E-state index contributed by atoms with van der Waals surface area (Å²) >= 11 is 0. The van der Waals surface area contributed by atoms with Gasteiger partial charge in [0.05, 0.1) is 12.4 Å². The number of nitrogens with two attached hydrogens (primary N) is 2. The molecule has 3 amide bonds. The topological polar surface area (TPSA) is 205 Å². The van der Waals surface area contributed by atoms with Gasteiger partial charge >= 0.3 is 5.97 Å². The number of imidazole rings is 1. The number of H-pyrrole nitrogens is 1. The summed E-state index contributed by atoms with van der Waals surface area (Å²) in [5, 5.41) is 17.5. The van der Waals surface area contributed by atoms with Crippen LogP contribution in [0.25, 0.3) is 0 Å². The zero-order valence-electron chi connectivity index (χ0n) is 21.8. The van der Waals surface area contributed by atoms with E-state index in [0.717, 1.165) is 0 Å². The maximum atomic E-state index is 13.3. The highest BCUT2D eigenvalue weighted by Gasteiger charge is 2.33. The van der Waals surface area contributed by atoms with Gasteiger partial charge in [0.1, 0.15) is 18.1 Å². The van der Waals surface area contributed by atoms with E-state index in [1.165, 1.54) is 12.5 Å². The largest absolute Gasteiger partial charge is 0.480 e. The molecule has 0 aromatic carbocycles. The average molecular weight is 510 g/mol. The number of carbonyl (C=O) groups excluding carboxylic acids is 3. The Kier molecular flexibility index (Phi) is 13.7. The Morgan fingerprint density at radius 1 is 0.972 bits per heavy atom. The van der Waals surface area contributed by atoms with E-state index >= 15 is 0 Å². The van der Waals surface area contributed by atoms with Crippen LogP contribution in [0.15, 0.2) is 12.5 Å². The SMILES string of the molecule is CCC(C)C(N)C(=O)NC(C(=O)NC(Cc1cnc[nH]1)C(=O)NC(CCCCN)C(=O)O)C(C)CC. The molecule has 0 saturated carbocycles. The van der Waals surface area contributed by atoms with Crippen molar-refractivity contribution in [3.05, 3.63) is 18.2 Å². The van der Waals surface area contributed by atoms with Crippen molar-refractivity contribution in [1.82, 2.24) is 25.9 Å². The van der Waals surface area contributed by atoms with Crippen molar-refractivity contribution in [3.63, 3.8) is 0 Å². The molecule has 1 heterocycles. The van der Waals surface area contributed by atoms with Gasteiger partial charge in [-0.15, -0.1) is 0 Å². The van der Waals surface area contributed by atoms with Crippen molar-refractivity contribution in [2.75, 3.05) is 6.54 Å². The number of unbranched alkanes of at least 4 members (excludes halogenated alkanes) is 1. The van der Waals surface area contributed by atoms with Crippen molar-refractivity contribution >= 4 is 23.7 Å². The number of rotatable bonds is 17. The van der Waals surface area contributed by atoms with Gasteiger partial charge in [-0.1, -0.05) is 40.5 Å². The molecular weight excluding hydrogens is 466 g/mol. The lowest BCUT2D eigenvalue weighted by atomic mass is 9.95. The highest BCUT2D eigenvalue weighted by atomic mass is 16.4. The van der Waals surface area contributed by atoms with Crippen molar-refractivity contribution in [2.45, 2.75) is 90.4 Å². The number of hydrogen-bond donors (Lipinski definition) is 7. The zero-order chi connectivity index (χ0) is 27.3. The van der Waals surface area contributed by atoms with Gasteiger partial charge in [-0.2, -0.15) is 0 Å². The van der Waals surface area contributed by atoms with E-state index in [0.29, 0.717) is 37.9 Å². The molecule has 0 bridgehead atoms. The Morgan fingerprint density at radius 2 is 1.61 bits per heavy atom. The highest BCUT2D eigenvalue weighted by Crippen LogP contribution is 2.12. The molecule has 12 nitrogen and oxygen atoms in total. The summed E-state index contributed by atoms with van der Waals surface area (Å²) in [4.78, 5) is 57.7. The predicted molar refractivity (Wildman–Crippen MR) is 136 cm³/mol. The summed E-state index contributed by atoms with van der Waals surface area (Å²) in [5.74, 6) is -3.12. The molecule has 0 saturated heterocycles. The number of aliphatic carboxylic acids is 1. The molecule has 0 radical (unpaired) electrons. The van der Waals surface area contributed by atoms with Crippen molar-refractivity contribution < 1.29 is 24.3 Å². The number of amides is 3. The van der Waals surface area contributed by atoms with Crippen molar-refractivity contribution in [3.8, 4) is 0 Å². The lowest BCUT2D eigenvalue weighted by molar-refractivity contribution is -0.142. The Hall–Kier alpha value is -2.99. The monoisotopic (exact) mass is 509 g/mol. The number of hydrogen-bond acceptors (Lipinski definition) is 7. The van der Waals surface area contributed by atoms with E-state index in [1.54, 1.807) is 0 Å². The number of nitrogens with zero attached hydrogens (tertiary/aromatic N) is 1. The van der Waals surface area contributed by atoms with Gasteiger partial charge in [0.2, 0.25) is 17.7 Å². The average Bonchev–Trinajstić information content (AvgIpc) is 3.37. The summed E-state index contributed by atoms with van der Waals surface area (Å²) in [6.07, 6.45) is 5.68. The molecule has 0 aliphatic carbocycles. The first-order valence-electron chi connectivity index (χ1n) is 12.6. The van der Waals surface area contributed by atoms with Crippen LogP contribution in [0.1, 0.15) is 65.5 Å². The third-order valence-corrected chi connectivity index (χ3v) is 6.53. The summed E-state index contributed by atoms with van der Waals surface area (Å²) in [7, 11) is 0. The quantitative estimate of drug-likeness (QED) is 0.142. The minimum absolute atomic E-state index is 0.0558. The number of carboxylic acids is 1. The maximum Gasteiger partial charge on any atom is 0.326 e. The van der Waals surface area contributed by atoms with Crippen LogP contribution in [-0.2, 0) is 25.6 Å². The second-order valence-electron chi connectivity index (χ2n) is 9.31. The van der Waals surface area contributed by atoms with Crippen LogP contribution in [0.5, 0.6) is 0 Å². The van der Waals surface area contributed by atoms with Crippen molar-refractivity contribution in [1.29, 1.82) is 0 Å². The molecule has 36 heavy (non-hydrogen) atoms. The predicted octanol–water partition coefficient (Wildman–Crippen LogP) is 0.0397. The van der Waals surface area contributed by atoms with E-state index < -0.39 is 47.9 Å². The molecule has 204 valence electrons. The van der Waals surface area contributed by atoms with Crippen LogP contribution in [-0.4, -0.2) is 69.5 Å². The molecule has 1 rings (SSSR count). The fourth-order valence-electron chi connectivity index (χ4n) is 3.57. The van der Waals surface area contributed by atoms with Gasteiger partial charge in [-0.25, -0.2) is 9.78 Å². The summed E-state index contributed by atoms with van der Waals surface area (Å²) in [5.41, 5.74) is 12.1. The summed E-state index contributed by atoms with van der Waals surface area (Å²) in [6, 6.07) is -3.91. The third kappa shape index (κ3) is 9.94. The van der Waals surface area contributed by atoms with Gasteiger partial charge in [-0.3, -0.25) is 14.4 Å². The van der Waals surface area contributed by atoms with Crippen LogP contribution in [0, 0.1) is 11.8 Å². The molecule has 6 atom stereocenters. The lowest BCUT2D eigenvalue weighted by Crippen LogP contribution is -2.59. The standard InChI is InChI=1S/C24H43N7O5/c1-5-14(3)19(26)22(33)31-20(15(4)6-2)23(34)30-18(11-16-12-27-13-28-16)21(32)29-17(24(35)36)9-7-8-10-25/h12-15,17-20H,5-11,25-26H2,1-4H3,(H,27,28)(H,29,32)(H,30,34)(H,31,33)(H,35,36). The molecule has 0 aliphatic rings. The first kappa shape index (κ1) is 31.0. The minimum Gasteiger partial charge on any atom is -0.480 e. The molecule has 12 heteroatoms. The van der Waals surface area contributed by atoms with Crippen molar-refractivity contribution in [2.24, 2.45) is 23.3 Å². The first-order chi connectivity index (χ1) is 17.0. The summed E-state index contributed by atoms with van der Waals surface area (Å²) < 4.78 is 0. The fraction of sp³-hybridized carbons (Fsp3) is 0.708. The molecule has 6 unspecified atom stereocenters. The van der Waals surface area contributed by atoms with Gasteiger partial charge < -0.3 is 37.5 Å². The molecular formula is C24H43N7O5. The fourth-order valence-corrected chi connectivity index (χ4v) is 3.57. The first-order valence-corrected chi connectivity index (χ1v) is 12.6. The summed E-state index contributed by atoms with van der Waals surface area (Å²) in [6.45, 7) is 7.91. The number of carbonyl (C=O) groups is 4. The van der Waals surface area contributed by atoms with E-state index in [9.17, 15) is 24.3 Å². The third-order valence-electron chi connectivity index (χ3n) is 6.53. The number of carboxylic acid groups (broad SMARTS) is 1. The van der Waals surface area contributed by atoms with Gasteiger partial charge in [0.15, 0.2) is 0 Å². The van der Waals surface area contributed by atoms with Crippen LogP contribution in [0.3, 0.4) is 0 Å². The van der Waals surface area contributed by atoms with Crippen LogP contribution in [0.4, 0.5) is 0 Å². The Labute approximate surface area is 212 Å². The zero-order valence-corrected chi connectivity index (χ0v) is 21.8. The lowest BCUT2D eigenvalue weighted by Gasteiger charge is -2.28. The van der Waals surface area contributed by atoms with Gasteiger partial charge in [0.25, 0.3) is 0 Å². The highest BCUT2D eigenvalue weighted by molar-refractivity contribution is 5.94. The second kappa shape index (κ2) is 15.9. The maximum absolute atomic E-state index is 13.3. The molecule has 0 fully saturated rings. The molecule has 0 spiro atoms. The van der Waals surface area contributed by atoms with Crippen LogP contribution >= 0.6 is 0 Å². The molecule has 9 N–H and O–H groups in total.